The Hall–Kier alpha value is -1.06. The number of hydrogen-bond donors (Lipinski definition) is 1. The summed E-state index contributed by atoms with van der Waals surface area (Å²) in [4.78, 5) is 0. The molecule has 2 aliphatic carbocycles. The van der Waals surface area contributed by atoms with Crippen LogP contribution < -0.4 is 10.1 Å². The first kappa shape index (κ1) is 13.6. The minimum atomic E-state index is -0.126. The maximum Gasteiger partial charge on any atom is 0.119 e. The lowest BCUT2D eigenvalue weighted by molar-refractivity contribution is -0.195. The molecule has 1 aliphatic heterocycles. The molecule has 3 heteroatoms. The van der Waals surface area contributed by atoms with Crippen molar-refractivity contribution in [1.29, 1.82) is 0 Å². The summed E-state index contributed by atoms with van der Waals surface area (Å²) < 4.78 is 12.3. The van der Waals surface area contributed by atoms with Crippen molar-refractivity contribution in [2.45, 2.75) is 56.1 Å². The molecule has 1 heterocycles. The zero-order chi connectivity index (χ0) is 14.3. The standard InChI is InChI=1S/C18H25NO2/c1-20-15-6-5-14-7-10-18(16(14)11-15)13-19-12-17(21-18)8-3-2-4-9-17/h5-6,11,19H,2-4,7-10,12-13H2,1H3. The third-order valence-corrected chi connectivity index (χ3v) is 5.64. The molecule has 1 saturated heterocycles. The minimum Gasteiger partial charge on any atom is -0.497 e. The van der Waals surface area contributed by atoms with Crippen molar-refractivity contribution in [2.24, 2.45) is 0 Å². The van der Waals surface area contributed by atoms with Crippen LogP contribution in [0.5, 0.6) is 5.75 Å². The van der Waals surface area contributed by atoms with Crippen LogP contribution in [0, 0.1) is 0 Å². The number of methoxy groups -OCH3 is 1. The van der Waals surface area contributed by atoms with Crippen LogP contribution in [0.2, 0.25) is 0 Å². The van der Waals surface area contributed by atoms with Gasteiger partial charge in [0.15, 0.2) is 0 Å². The molecular weight excluding hydrogens is 262 g/mol. The smallest absolute Gasteiger partial charge is 0.119 e. The Labute approximate surface area is 127 Å². The molecule has 1 atom stereocenters. The second-order valence-electron chi connectivity index (χ2n) is 6.97. The van der Waals surface area contributed by atoms with Crippen molar-refractivity contribution in [3.8, 4) is 5.75 Å². The molecule has 4 rings (SSSR count). The first-order valence-electron chi connectivity index (χ1n) is 8.34. The van der Waals surface area contributed by atoms with Crippen molar-refractivity contribution in [1.82, 2.24) is 5.32 Å². The van der Waals surface area contributed by atoms with Gasteiger partial charge in [-0.2, -0.15) is 0 Å². The fourth-order valence-corrected chi connectivity index (χ4v) is 4.54. The number of hydrogen-bond acceptors (Lipinski definition) is 3. The summed E-state index contributed by atoms with van der Waals surface area (Å²) in [6.07, 6.45) is 8.62. The summed E-state index contributed by atoms with van der Waals surface area (Å²) in [5, 5.41) is 3.69. The van der Waals surface area contributed by atoms with Crippen molar-refractivity contribution >= 4 is 0 Å². The molecular formula is C18H25NO2. The SMILES string of the molecule is COc1ccc2c(c1)C1(CC2)CNCC2(CCCCC2)O1. The van der Waals surface area contributed by atoms with E-state index in [9.17, 15) is 0 Å². The van der Waals surface area contributed by atoms with E-state index in [1.807, 2.05) is 0 Å². The van der Waals surface area contributed by atoms with Gasteiger partial charge in [0.1, 0.15) is 11.4 Å². The second kappa shape index (κ2) is 4.99. The lowest BCUT2D eigenvalue weighted by Crippen LogP contribution is -2.58. The molecule has 1 N–H and O–H groups in total. The van der Waals surface area contributed by atoms with Gasteiger partial charge in [-0.05, 0) is 48.9 Å². The lowest BCUT2D eigenvalue weighted by Gasteiger charge is -2.49. The van der Waals surface area contributed by atoms with E-state index in [2.05, 4.69) is 23.5 Å². The molecule has 0 aromatic heterocycles. The molecule has 21 heavy (non-hydrogen) atoms. The molecule has 3 aliphatic rings. The fourth-order valence-electron chi connectivity index (χ4n) is 4.54. The van der Waals surface area contributed by atoms with Gasteiger partial charge in [0.2, 0.25) is 0 Å². The Kier molecular flexibility index (Phi) is 3.23. The first-order valence-corrected chi connectivity index (χ1v) is 8.34. The van der Waals surface area contributed by atoms with Crippen LogP contribution in [-0.2, 0) is 16.8 Å². The molecule has 1 aromatic carbocycles. The maximum absolute atomic E-state index is 6.87. The Bertz CT molecular complexity index is 527. The molecule has 0 amide bonds. The van der Waals surface area contributed by atoms with E-state index in [-0.39, 0.29) is 11.2 Å². The number of nitrogens with one attached hydrogen (secondary N) is 1. The van der Waals surface area contributed by atoms with E-state index in [1.54, 1.807) is 7.11 Å². The molecule has 0 bridgehead atoms. The van der Waals surface area contributed by atoms with Crippen LogP contribution in [0.25, 0.3) is 0 Å². The monoisotopic (exact) mass is 287 g/mol. The normalized spacial score (nSPS) is 30.5. The number of fused-ring (bicyclic) bond motifs is 2. The third kappa shape index (κ3) is 2.18. The van der Waals surface area contributed by atoms with Crippen molar-refractivity contribution in [3.63, 3.8) is 0 Å². The average molecular weight is 287 g/mol. The zero-order valence-corrected chi connectivity index (χ0v) is 12.9. The van der Waals surface area contributed by atoms with Gasteiger partial charge in [-0.25, -0.2) is 0 Å². The van der Waals surface area contributed by atoms with E-state index in [4.69, 9.17) is 9.47 Å². The predicted molar refractivity (Wildman–Crippen MR) is 82.8 cm³/mol. The highest BCUT2D eigenvalue weighted by atomic mass is 16.5. The number of morpholine rings is 1. The molecule has 2 spiro atoms. The van der Waals surface area contributed by atoms with Gasteiger partial charge in [-0.15, -0.1) is 0 Å². The molecule has 114 valence electrons. The van der Waals surface area contributed by atoms with Gasteiger partial charge in [0.05, 0.1) is 12.7 Å². The number of benzene rings is 1. The average Bonchev–Trinajstić information content (AvgIpc) is 2.85. The summed E-state index contributed by atoms with van der Waals surface area (Å²) in [6, 6.07) is 6.49. The van der Waals surface area contributed by atoms with E-state index in [0.717, 1.165) is 31.7 Å². The highest BCUT2D eigenvalue weighted by molar-refractivity contribution is 5.43. The van der Waals surface area contributed by atoms with Crippen LogP contribution in [-0.4, -0.2) is 25.8 Å². The topological polar surface area (TPSA) is 30.5 Å². The Balaban J connectivity index is 1.69. The van der Waals surface area contributed by atoms with Crippen LogP contribution in [0.3, 0.4) is 0 Å². The molecule has 3 nitrogen and oxygen atoms in total. The number of ether oxygens (including phenoxy) is 2. The Morgan fingerprint density at radius 2 is 1.95 bits per heavy atom. The molecule has 0 radical (unpaired) electrons. The van der Waals surface area contributed by atoms with E-state index in [0.29, 0.717) is 0 Å². The predicted octanol–water partition coefficient (Wildman–Crippen LogP) is 3.16. The summed E-state index contributed by atoms with van der Waals surface area (Å²) in [7, 11) is 1.74. The maximum atomic E-state index is 6.87. The quantitative estimate of drug-likeness (QED) is 0.860. The second-order valence-corrected chi connectivity index (χ2v) is 6.97. The van der Waals surface area contributed by atoms with Crippen LogP contribution in [0.15, 0.2) is 18.2 Å². The van der Waals surface area contributed by atoms with Crippen molar-refractivity contribution < 1.29 is 9.47 Å². The Morgan fingerprint density at radius 1 is 1.10 bits per heavy atom. The largest absolute Gasteiger partial charge is 0.497 e. The Morgan fingerprint density at radius 3 is 2.76 bits per heavy atom. The van der Waals surface area contributed by atoms with Gasteiger partial charge >= 0.3 is 0 Å². The fraction of sp³-hybridized carbons (Fsp3) is 0.667. The lowest BCUT2D eigenvalue weighted by atomic mass is 9.81. The number of rotatable bonds is 1. The highest BCUT2D eigenvalue weighted by Crippen LogP contribution is 2.48. The summed E-state index contributed by atoms with van der Waals surface area (Å²) in [6.45, 7) is 1.96. The van der Waals surface area contributed by atoms with Gasteiger partial charge in [-0.3, -0.25) is 0 Å². The zero-order valence-electron chi connectivity index (χ0n) is 12.9. The van der Waals surface area contributed by atoms with Crippen LogP contribution in [0.1, 0.15) is 49.7 Å². The number of aryl methyl sites for hydroxylation is 1. The van der Waals surface area contributed by atoms with E-state index < -0.39 is 0 Å². The van der Waals surface area contributed by atoms with Crippen LogP contribution in [0.4, 0.5) is 0 Å². The van der Waals surface area contributed by atoms with Crippen LogP contribution >= 0.6 is 0 Å². The highest BCUT2D eigenvalue weighted by Gasteiger charge is 2.49. The van der Waals surface area contributed by atoms with E-state index in [1.165, 1.54) is 43.2 Å². The molecule has 1 aromatic rings. The van der Waals surface area contributed by atoms with Crippen molar-refractivity contribution in [3.05, 3.63) is 29.3 Å². The van der Waals surface area contributed by atoms with Crippen molar-refractivity contribution in [2.75, 3.05) is 20.2 Å². The summed E-state index contributed by atoms with van der Waals surface area (Å²) in [5.74, 6) is 0.946. The third-order valence-electron chi connectivity index (χ3n) is 5.64. The van der Waals surface area contributed by atoms with Gasteiger partial charge < -0.3 is 14.8 Å². The summed E-state index contributed by atoms with van der Waals surface area (Å²) in [5.41, 5.74) is 2.74. The molecule has 2 fully saturated rings. The summed E-state index contributed by atoms with van der Waals surface area (Å²) >= 11 is 0. The van der Waals surface area contributed by atoms with Gasteiger partial charge in [0.25, 0.3) is 0 Å². The van der Waals surface area contributed by atoms with Gasteiger partial charge in [-0.1, -0.05) is 25.3 Å². The first-order chi connectivity index (χ1) is 10.3. The van der Waals surface area contributed by atoms with E-state index >= 15 is 0 Å². The minimum absolute atomic E-state index is 0.0706. The van der Waals surface area contributed by atoms with Gasteiger partial charge in [0, 0.05) is 13.1 Å². The molecule has 1 saturated carbocycles. The molecule has 1 unspecified atom stereocenters.